The third-order valence-electron chi connectivity index (χ3n) is 6.85. The maximum atomic E-state index is 14.9. The van der Waals surface area contributed by atoms with Crippen LogP contribution in [0.15, 0.2) is 18.2 Å². The first-order chi connectivity index (χ1) is 16.0. The van der Waals surface area contributed by atoms with Crippen LogP contribution in [0, 0.1) is 5.82 Å². The standard InChI is InChI=1S/C24H28ClFN4O4/c1-23(2)11-24(3,33)12-30(23)21-17-20(34-10-13-9-27-7-8-29(13)22(17)32)18(25)19(28-21)16-14(26)5-4-6-15(16)31/h4-6,13,27,31,33H,7-12H2,1-3H3/t13-,24?/m1/s1. The summed E-state index contributed by atoms with van der Waals surface area (Å²) < 4.78 is 21.0. The highest BCUT2D eigenvalue weighted by Gasteiger charge is 2.48. The molecule has 182 valence electrons. The molecule has 10 heteroatoms. The van der Waals surface area contributed by atoms with Crippen molar-refractivity contribution in [1.82, 2.24) is 15.2 Å². The van der Waals surface area contributed by atoms with Crippen molar-refractivity contribution >= 4 is 23.3 Å². The molecular formula is C24H28ClFN4O4. The lowest BCUT2D eigenvalue weighted by Crippen LogP contribution is -2.55. The molecule has 3 aliphatic rings. The minimum Gasteiger partial charge on any atom is -0.507 e. The third kappa shape index (κ3) is 3.66. The van der Waals surface area contributed by atoms with Crippen LogP contribution in [0.3, 0.4) is 0 Å². The summed E-state index contributed by atoms with van der Waals surface area (Å²) in [6, 6.07) is 3.75. The predicted molar refractivity (Wildman–Crippen MR) is 126 cm³/mol. The van der Waals surface area contributed by atoms with Crippen LogP contribution in [0.2, 0.25) is 5.02 Å². The molecule has 3 N–H and O–H groups in total. The van der Waals surface area contributed by atoms with Crippen LogP contribution in [0.4, 0.5) is 10.2 Å². The number of carbonyl (C=O) groups excluding carboxylic acids is 1. The van der Waals surface area contributed by atoms with Gasteiger partial charge in [-0.2, -0.15) is 0 Å². The number of nitrogens with one attached hydrogen (secondary N) is 1. The molecule has 0 spiro atoms. The first-order valence-electron chi connectivity index (χ1n) is 11.4. The van der Waals surface area contributed by atoms with Crippen molar-refractivity contribution in [1.29, 1.82) is 0 Å². The predicted octanol–water partition coefficient (Wildman–Crippen LogP) is 2.79. The number of aliphatic hydroxyl groups is 1. The molecule has 1 aromatic carbocycles. The van der Waals surface area contributed by atoms with Crippen molar-refractivity contribution in [3.05, 3.63) is 34.6 Å². The van der Waals surface area contributed by atoms with Gasteiger partial charge in [0, 0.05) is 38.1 Å². The Morgan fingerprint density at radius 3 is 2.74 bits per heavy atom. The van der Waals surface area contributed by atoms with Crippen molar-refractivity contribution in [3.8, 4) is 22.8 Å². The number of aromatic hydroxyl groups is 1. The van der Waals surface area contributed by atoms with Gasteiger partial charge < -0.3 is 30.1 Å². The molecule has 0 aliphatic carbocycles. The monoisotopic (exact) mass is 490 g/mol. The van der Waals surface area contributed by atoms with Crippen molar-refractivity contribution in [3.63, 3.8) is 0 Å². The third-order valence-corrected chi connectivity index (χ3v) is 7.20. The molecule has 2 saturated heterocycles. The van der Waals surface area contributed by atoms with Gasteiger partial charge in [0.05, 0.1) is 17.2 Å². The SMILES string of the molecule is CC1(O)CN(c2nc(-c3c(O)cccc3F)c(Cl)c3c2C(=O)N2CCNC[C@@H]2CO3)C(C)(C)C1. The molecule has 8 nitrogen and oxygen atoms in total. The number of rotatable bonds is 2. The van der Waals surface area contributed by atoms with Crippen LogP contribution in [0.1, 0.15) is 37.6 Å². The fraction of sp³-hybridized carbons (Fsp3) is 0.500. The van der Waals surface area contributed by atoms with E-state index in [2.05, 4.69) is 5.32 Å². The lowest BCUT2D eigenvalue weighted by Gasteiger charge is -2.36. The van der Waals surface area contributed by atoms with Gasteiger partial charge in [0.1, 0.15) is 40.3 Å². The van der Waals surface area contributed by atoms with Gasteiger partial charge in [-0.1, -0.05) is 17.7 Å². The van der Waals surface area contributed by atoms with Gasteiger partial charge in [0.25, 0.3) is 5.91 Å². The number of hydrogen-bond acceptors (Lipinski definition) is 7. The number of ether oxygens (including phenoxy) is 1. The summed E-state index contributed by atoms with van der Waals surface area (Å²) in [4.78, 5) is 22.2. The summed E-state index contributed by atoms with van der Waals surface area (Å²) in [5.74, 6) is -0.922. The van der Waals surface area contributed by atoms with Gasteiger partial charge in [-0.05, 0) is 32.9 Å². The summed E-state index contributed by atoms with van der Waals surface area (Å²) in [5.41, 5.74) is -1.58. The van der Waals surface area contributed by atoms with Crippen LogP contribution in [0.25, 0.3) is 11.3 Å². The summed E-state index contributed by atoms with van der Waals surface area (Å²) in [6.07, 6.45) is 0.435. The highest BCUT2D eigenvalue weighted by atomic mass is 35.5. The number of hydrogen-bond donors (Lipinski definition) is 3. The molecule has 5 rings (SSSR count). The average molecular weight is 491 g/mol. The van der Waals surface area contributed by atoms with Crippen LogP contribution in [-0.4, -0.2) is 76.0 Å². The number of amides is 1. The quantitative estimate of drug-likeness (QED) is 0.595. The van der Waals surface area contributed by atoms with E-state index in [9.17, 15) is 19.4 Å². The summed E-state index contributed by atoms with van der Waals surface area (Å²) in [6.45, 7) is 7.78. The smallest absolute Gasteiger partial charge is 0.261 e. The topological polar surface area (TPSA) is 98.2 Å². The van der Waals surface area contributed by atoms with Crippen molar-refractivity contribution in [2.24, 2.45) is 0 Å². The number of aromatic nitrogens is 1. The van der Waals surface area contributed by atoms with E-state index in [-0.39, 0.29) is 64.3 Å². The lowest BCUT2D eigenvalue weighted by molar-refractivity contribution is 0.0606. The molecule has 2 aromatic rings. The lowest BCUT2D eigenvalue weighted by atomic mass is 9.94. The first kappa shape index (κ1) is 23.1. The Hall–Kier alpha value is -2.62. The Balaban J connectivity index is 1.79. The van der Waals surface area contributed by atoms with Crippen molar-refractivity contribution < 1.29 is 24.1 Å². The second-order valence-corrected chi connectivity index (χ2v) is 10.6. The Bertz CT molecular complexity index is 1150. The van der Waals surface area contributed by atoms with Gasteiger partial charge in [-0.15, -0.1) is 0 Å². The van der Waals surface area contributed by atoms with Crippen LogP contribution >= 0.6 is 11.6 Å². The number of phenols is 1. The molecule has 2 fully saturated rings. The number of fused-ring (bicyclic) bond motifs is 2. The number of benzene rings is 1. The van der Waals surface area contributed by atoms with Crippen LogP contribution in [-0.2, 0) is 0 Å². The molecule has 0 radical (unpaired) electrons. The van der Waals surface area contributed by atoms with Gasteiger partial charge in [-0.25, -0.2) is 9.37 Å². The highest BCUT2D eigenvalue weighted by molar-refractivity contribution is 6.35. The van der Waals surface area contributed by atoms with Gasteiger partial charge in [0.15, 0.2) is 5.75 Å². The minimum absolute atomic E-state index is 0.0147. The molecular weight excluding hydrogens is 463 g/mol. The number of halogens is 2. The molecule has 2 atom stereocenters. The Kier molecular flexibility index (Phi) is 5.42. The second-order valence-electron chi connectivity index (χ2n) is 10.2. The van der Waals surface area contributed by atoms with Crippen LogP contribution < -0.4 is 15.0 Å². The zero-order valence-electron chi connectivity index (χ0n) is 19.4. The van der Waals surface area contributed by atoms with Crippen molar-refractivity contribution in [2.75, 3.05) is 37.7 Å². The number of piperazine rings is 1. The second kappa shape index (κ2) is 7.96. The number of carbonyl (C=O) groups is 1. The van der Waals surface area contributed by atoms with E-state index in [0.717, 1.165) is 0 Å². The van der Waals surface area contributed by atoms with E-state index < -0.39 is 17.0 Å². The van der Waals surface area contributed by atoms with Gasteiger partial charge >= 0.3 is 0 Å². The molecule has 0 bridgehead atoms. The molecule has 1 aromatic heterocycles. The Morgan fingerprint density at radius 1 is 1.29 bits per heavy atom. The van der Waals surface area contributed by atoms with E-state index >= 15 is 0 Å². The molecule has 1 unspecified atom stereocenters. The zero-order valence-corrected chi connectivity index (χ0v) is 20.1. The molecule has 3 aliphatic heterocycles. The van der Waals surface area contributed by atoms with Crippen LogP contribution in [0.5, 0.6) is 11.5 Å². The largest absolute Gasteiger partial charge is 0.507 e. The zero-order chi connectivity index (χ0) is 24.4. The first-order valence-corrected chi connectivity index (χ1v) is 11.7. The van der Waals surface area contributed by atoms with E-state index in [4.69, 9.17) is 21.3 Å². The number of pyridine rings is 1. The van der Waals surface area contributed by atoms with E-state index in [1.54, 1.807) is 11.8 Å². The number of nitrogens with zero attached hydrogens (tertiary/aromatic N) is 3. The van der Waals surface area contributed by atoms with Crippen molar-refractivity contribution in [2.45, 2.75) is 44.4 Å². The fourth-order valence-electron chi connectivity index (χ4n) is 5.47. The molecule has 1 amide bonds. The average Bonchev–Trinajstić information content (AvgIpc) is 2.89. The molecule has 4 heterocycles. The summed E-state index contributed by atoms with van der Waals surface area (Å²) in [7, 11) is 0. The van der Waals surface area contributed by atoms with E-state index in [1.807, 2.05) is 18.7 Å². The summed E-state index contributed by atoms with van der Waals surface area (Å²) >= 11 is 6.73. The summed E-state index contributed by atoms with van der Waals surface area (Å²) in [5, 5.41) is 24.6. The maximum absolute atomic E-state index is 14.9. The molecule has 0 saturated carbocycles. The van der Waals surface area contributed by atoms with E-state index in [1.165, 1.54) is 18.2 Å². The number of phenolic OH excluding ortho intramolecular Hbond substituents is 1. The molecule has 34 heavy (non-hydrogen) atoms. The van der Waals surface area contributed by atoms with Gasteiger partial charge in [0.2, 0.25) is 0 Å². The Morgan fingerprint density at radius 2 is 2.06 bits per heavy atom. The fourth-order valence-corrected chi connectivity index (χ4v) is 5.75. The minimum atomic E-state index is -1.02. The number of anilines is 1. The number of β-amino-alcohol motifs (C(OH)–C–C–N with tert-alkyl or cyclic N) is 1. The normalized spacial score (nSPS) is 26.1. The maximum Gasteiger partial charge on any atom is 0.261 e. The van der Waals surface area contributed by atoms with E-state index in [0.29, 0.717) is 26.1 Å². The Labute approximate surface area is 202 Å². The van der Waals surface area contributed by atoms with Gasteiger partial charge in [-0.3, -0.25) is 4.79 Å². The highest BCUT2D eigenvalue weighted by Crippen LogP contribution is 2.48.